The highest BCUT2D eigenvalue weighted by molar-refractivity contribution is 14.1. The van der Waals surface area contributed by atoms with Crippen LogP contribution in [0.1, 0.15) is 18.4 Å². The van der Waals surface area contributed by atoms with Crippen molar-refractivity contribution < 1.29 is 14.7 Å². The molecule has 1 amide bonds. The number of carbonyl (C=O) groups excluding carboxylic acids is 1. The first-order chi connectivity index (χ1) is 9.08. The molecule has 0 radical (unpaired) electrons. The number of benzene rings is 1. The predicted octanol–water partition coefficient (Wildman–Crippen LogP) is 2.35. The lowest BCUT2D eigenvalue weighted by Crippen LogP contribution is -2.39. The Balaban J connectivity index is 2.09. The van der Waals surface area contributed by atoms with Gasteiger partial charge in [-0.15, -0.1) is 0 Å². The molecule has 1 aliphatic heterocycles. The minimum absolute atomic E-state index is 0.321. The maximum absolute atomic E-state index is 11.9. The summed E-state index contributed by atoms with van der Waals surface area (Å²) in [5.74, 6) is 5.01. The first-order valence-corrected chi connectivity index (χ1v) is 6.97. The van der Waals surface area contributed by atoms with Gasteiger partial charge in [0.05, 0.1) is 0 Å². The van der Waals surface area contributed by atoms with Crippen molar-refractivity contribution in [2.24, 2.45) is 0 Å². The van der Waals surface area contributed by atoms with Crippen molar-refractivity contribution in [3.63, 3.8) is 0 Å². The lowest BCUT2D eigenvalue weighted by molar-refractivity contribution is -0.117. The third-order valence-electron chi connectivity index (χ3n) is 2.98. The summed E-state index contributed by atoms with van der Waals surface area (Å²) in [5.41, 5.74) is 0.758. The van der Waals surface area contributed by atoms with E-state index >= 15 is 0 Å². The van der Waals surface area contributed by atoms with E-state index in [9.17, 15) is 9.59 Å². The normalized spacial score (nSPS) is 17.7. The standard InChI is InChI=1S/C14H12INO3/c15-11-6-3-10(4-7-11)5-8-13(17)12-2-1-9-16(12)14(18)19/h3-4,6-7,12H,1-2,9H2,(H,18,19)/t12-/m0/s1. The van der Waals surface area contributed by atoms with Gasteiger partial charge in [-0.3, -0.25) is 9.69 Å². The van der Waals surface area contributed by atoms with E-state index in [2.05, 4.69) is 34.4 Å². The van der Waals surface area contributed by atoms with Gasteiger partial charge in [0.15, 0.2) is 0 Å². The number of halogens is 1. The summed E-state index contributed by atoms with van der Waals surface area (Å²) < 4.78 is 1.10. The van der Waals surface area contributed by atoms with Crippen molar-refractivity contribution in [1.82, 2.24) is 4.90 Å². The number of amides is 1. The number of Topliss-reactive ketones (excluding diaryl/α,β-unsaturated/α-hetero) is 1. The third kappa shape index (κ3) is 3.47. The summed E-state index contributed by atoms with van der Waals surface area (Å²) in [6.45, 7) is 0.414. The van der Waals surface area contributed by atoms with Crippen LogP contribution in [0.3, 0.4) is 0 Å². The lowest BCUT2D eigenvalue weighted by Gasteiger charge is -2.17. The molecular formula is C14H12INO3. The number of nitrogens with zero attached hydrogens (tertiary/aromatic N) is 1. The molecule has 1 saturated heterocycles. The average molecular weight is 369 g/mol. The Morgan fingerprint density at radius 3 is 2.63 bits per heavy atom. The van der Waals surface area contributed by atoms with Crippen molar-refractivity contribution >= 4 is 34.5 Å². The smallest absolute Gasteiger partial charge is 0.407 e. The third-order valence-corrected chi connectivity index (χ3v) is 3.69. The van der Waals surface area contributed by atoms with Crippen LogP contribution >= 0.6 is 22.6 Å². The van der Waals surface area contributed by atoms with Gasteiger partial charge in [0.1, 0.15) is 6.04 Å². The summed E-state index contributed by atoms with van der Waals surface area (Å²) in [6, 6.07) is 6.90. The molecule has 5 heteroatoms. The first kappa shape index (κ1) is 13.9. The highest BCUT2D eigenvalue weighted by Gasteiger charge is 2.32. The van der Waals surface area contributed by atoms with E-state index in [0.29, 0.717) is 19.4 Å². The summed E-state index contributed by atoms with van der Waals surface area (Å²) in [7, 11) is 0. The van der Waals surface area contributed by atoms with Gasteiger partial charge in [-0.2, -0.15) is 0 Å². The van der Waals surface area contributed by atoms with Crippen LogP contribution in [-0.4, -0.2) is 34.5 Å². The number of ketones is 1. The Labute approximate surface area is 124 Å². The first-order valence-electron chi connectivity index (χ1n) is 5.89. The molecule has 1 heterocycles. The highest BCUT2D eigenvalue weighted by Crippen LogP contribution is 2.17. The van der Waals surface area contributed by atoms with E-state index in [1.807, 2.05) is 24.3 Å². The molecule has 1 aromatic carbocycles. The minimum Gasteiger partial charge on any atom is -0.465 e. The largest absolute Gasteiger partial charge is 0.465 e. The van der Waals surface area contributed by atoms with E-state index in [4.69, 9.17) is 5.11 Å². The zero-order valence-electron chi connectivity index (χ0n) is 10.1. The second-order valence-corrected chi connectivity index (χ2v) is 5.50. The zero-order chi connectivity index (χ0) is 13.8. The molecule has 1 aromatic rings. The van der Waals surface area contributed by atoms with Crippen molar-refractivity contribution in [3.05, 3.63) is 33.4 Å². The lowest BCUT2D eigenvalue weighted by atomic mass is 10.1. The molecule has 4 nitrogen and oxygen atoms in total. The molecule has 0 saturated carbocycles. The van der Waals surface area contributed by atoms with Crippen LogP contribution in [0, 0.1) is 15.4 Å². The summed E-state index contributed by atoms with van der Waals surface area (Å²) in [4.78, 5) is 24.0. The van der Waals surface area contributed by atoms with Gasteiger partial charge < -0.3 is 5.11 Å². The Kier molecular flexibility index (Phi) is 4.43. The van der Waals surface area contributed by atoms with E-state index in [1.54, 1.807) is 0 Å². The van der Waals surface area contributed by atoms with Crippen molar-refractivity contribution in [2.45, 2.75) is 18.9 Å². The molecule has 0 spiro atoms. The second-order valence-electron chi connectivity index (χ2n) is 4.26. The molecule has 0 aromatic heterocycles. The Bertz CT molecular complexity index is 556. The van der Waals surface area contributed by atoms with Crippen LogP contribution < -0.4 is 0 Å². The molecular weight excluding hydrogens is 357 g/mol. The molecule has 0 unspecified atom stereocenters. The number of carboxylic acid groups (broad SMARTS) is 1. The van der Waals surface area contributed by atoms with Crippen molar-refractivity contribution in [3.8, 4) is 11.8 Å². The number of carbonyl (C=O) groups is 2. The van der Waals surface area contributed by atoms with Crippen LogP contribution in [0.25, 0.3) is 0 Å². The molecule has 0 aliphatic carbocycles. The van der Waals surface area contributed by atoms with Crippen LogP contribution in [0.15, 0.2) is 24.3 Å². The average Bonchev–Trinajstić information content (AvgIpc) is 2.87. The fraction of sp³-hybridized carbons (Fsp3) is 0.286. The number of likely N-dealkylation sites (tertiary alicyclic amines) is 1. The molecule has 98 valence electrons. The fourth-order valence-electron chi connectivity index (χ4n) is 2.02. The van der Waals surface area contributed by atoms with Crippen molar-refractivity contribution in [2.75, 3.05) is 6.54 Å². The maximum atomic E-state index is 11.9. The molecule has 0 bridgehead atoms. The van der Waals surface area contributed by atoms with Gasteiger partial charge in [0, 0.05) is 15.7 Å². The maximum Gasteiger partial charge on any atom is 0.407 e. The Hall–Kier alpha value is -1.55. The monoisotopic (exact) mass is 369 g/mol. The predicted molar refractivity (Wildman–Crippen MR) is 78.8 cm³/mol. The summed E-state index contributed by atoms with van der Waals surface area (Å²) >= 11 is 2.19. The van der Waals surface area contributed by atoms with Crippen molar-refractivity contribution in [1.29, 1.82) is 0 Å². The molecule has 1 N–H and O–H groups in total. The van der Waals surface area contributed by atoms with Gasteiger partial charge in [0.25, 0.3) is 0 Å². The van der Waals surface area contributed by atoms with Gasteiger partial charge in [-0.05, 0) is 65.6 Å². The second kappa shape index (κ2) is 6.06. The molecule has 1 fully saturated rings. The topological polar surface area (TPSA) is 57.6 Å². The SMILES string of the molecule is O=C(C#Cc1ccc(I)cc1)[C@@H]1CCCN1C(=O)O. The van der Waals surface area contributed by atoms with Gasteiger partial charge in [-0.25, -0.2) is 4.79 Å². The van der Waals surface area contributed by atoms with E-state index < -0.39 is 12.1 Å². The van der Waals surface area contributed by atoms with Crippen LogP contribution in [-0.2, 0) is 4.79 Å². The van der Waals surface area contributed by atoms with Gasteiger partial charge in [0.2, 0.25) is 5.78 Å². The number of hydrogen-bond acceptors (Lipinski definition) is 2. The Morgan fingerprint density at radius 1 is 1.32 bits per heavy atom. The van der Waals surface area contributed by atoms with E-state index in [1.165, 1.54) is 4.90 Å². The number of hydrogen-bond donors (Lipinski definition) is 1. The highest BCUT2D eigenvalue weighted by atomic mass is 127. The Morgan fingerprint density at radius 2 is 2.00 bits per heavy atom. The molecule has 1 atom stereocenters. The van der Waals surface area contributed by atoms with Gasteiger partial charge >= 0.3 is 6.09 Å². The summed E-state index contributed by atoms with van der Waals surface area (Å²) in [5, 5.41) is 8.97. The minimum atomic E-state index is -1.05. The molecule has 1 aliphatic rings. The quantitative estimate of drug-likeness (QED) is 0.611. The number of rotatable bonds is 1. The molecule has 2 rings (SSSR count). The van der Waals surface area contributed by atoms with Crippen LogP contribution in [0.5, 0.6) is 0 Å². The fourth-order valence-corrected chi connectivity index (χ4v) is 2.38. The summed E-state index contributed by atoms with van der Waals surface area (Å²) in [6.07, 6.45) is 0.229. The molecule has 19 heavy (non-hydrogen) atoms. The van der Waals surface area contributed by atoms with E-state index in [-0.39, 0.29) is 5.78 Å². The van der Waals surface area contributed by atoms with Crippen LogP contribution in [0.2, 0.25) is 0 Å². The van der Waals surface area contributed by atoms with E-state index in [0.717, 1.165) is 9.13 Å². The van der Waals surface area contributed by atoms with Gasteiger partial charge in [-0.1, -0.05) is 5.92 Å². The zero-order valence-corrected chi connectivity index (χ0v) is 12.3. The van der Waals surface area contributed by atoms with Crippen LogP contribution in [0.4, 0.5) is 4.79 Å².